The summed E-state index contributed by atoms with van der Waals surface area (Å²) in [4.78, 5) is 0. The van der Waals surface area contributed by atoms with Gasteiger partial charge in [0.2, 0.25) is 0 Å². The van der Waals surface area contributed by atoms with Crippen LogP contribution in [0.1, 0.15) is 58.8 Å². The highest BCUT2D eigenvalue weighted by Gasteiger charge is 2.39. The first-order valence-electron chi connectivity index (χ1n) is 6.93. The molecule has 1 saturated heterocycles. The van der Waals surface area contributed by atoms with Crippen LogP contribution in [0.25, 0.3) is 0 Å². The van der Waals surface area contributed by atoms with Crippen molar-refractivity contribution < 1.29 is 5.11 Å². The Balaban J connectivity index is 1.75. The minimum Gasteiger partial charge on any atom is -0.507 e. The molecule has 1 aromatic rings. The fourth-order valence-electron chi connectivity index (χ4n) is 3.81. The van der Waals surface area contributed by atoms with Crippen molar-refractivity contribution in [3.63, 3.8) is 0 Å². The third kappa shape index (κ3) is 1.63. The van der Waals surface area contributed by atoms with Crippen LogP contribution in [0.15, 0.2) is 12.1 Å². The van der Waals surface area contributed by atoms with E-state index in [0.717, 1.165) is 5.92 Å². The molecule has 3 heteroatoms. The van der Waals surface area contributed by atoms with Gasteiger partial charge in [-0.3, -0.25) is 0 Å². The third-order valence-corrected chi connectivity index (χ3v) is 7.62. The average Bonchev–Trinajstić information content (AvgIpc) is 3.01. The normalized spacial score (nSPS) is 30.7. The zero-order chi connectivity index (χ0) is 12.1. The van der Waals surface area contributed by atoms with Crippen LogP contribution in [0.3, 0.4) is 0 Å². The Hall–Kier alpha value is -0.280. The van der Waals surface area contributed by atoms with Crippen LogP contribution in [-0.4, -0.2) is 16.6 Å². The number of hydrogen-bond acceptors (Lipinski definition) is 3. The predicted octanol–water partition coefficient (Wildman–Crippen LogP) is 4.63. The van der Waals surface area contributed by atoms with E-state index in [0.29, 0.717) is 16.2 Å². The van der Waals surface area contributed by atoms with Crippen LogP contribution in [0.4, 0.5) is 0 Å². The Bertz CT molecular complexity index is 480. The van der Waals surface area contributed by atoms with Gasteiger partial charge < -0.3 is 5.11 Å². The molecule has 2 fully saturated rings. The molecule has 0 radical (unpaired) electrons. The van der Waals surface area contributed by atoms with Crippen molar-refractivity contribution in [1.29, 1.82) is 0 Å². The molecule has 1 aromatic carbocycles. The monoisotopic (exact) mass is 278 g/mol. The first kappa shape index (κ1) is 11.5. The highest BCUT2D eigenvalue weighted by atomic mass is 32.2. The molecule has 1 saturated carbocycles. The summed E-state index contributed by atoms with van der Waals surface area (Å²) in [6.07, 6.45) is 5.22. The van der Waals surface area contributed by atoms with E-state index in [1.54, 1.807) is 0 Å². The molecule has 1 heterocycles. The highest BCUT2D eigenvalue weighted by Crippen LogP contribution is 2.58. The lowest BCUT2D eigenvalue weighted by Crippen LogP contribution is -2.04. The van der Waals surface area contributed by atoms with E-state index in [1.165, 1.54) is 53.9 Å². The van der Waals surface area contributed by atoms with Crippen LogP contribution in [0, 0.1) is 0 Å². The van der Waals surface area contributed by atoms with E-state index in [1.807, 2.05) is 23.5 Å². The van der Waals surface area contributed by atoms with E-state index in [9.17, 15) is 5.11 Å². The van der Waals surface area contributed by atoms with Crippen LogP contribution in [0.5, 0.6) is 5.75 Å². The quantitative estimate of drug-likeness (QED) is 0.809. The van der Waals surface area contributed by atoms with Gasteiger partial charge in [0.05, 0.1) is 4.58 Å². The molecule has 96 valence electrons. The second kappa shape index (κ2) is 4.38. The number of phenols is 1. The Morgan fingerprint density at radius 3 is 2.56 bits per heavy atom. The molecular formula is C15H18OS2. The topological polar surface area (TPSA) is 20.2 Å². The van der Waals surface area contributed by atoms with Crippen molar-refractivity contribution >= 4 is 23.5 Å². The number of rotatable bonds is 1. The minimum absolute atomic E-state index is 0.461. The van der Waals surface area contributed by atoms with E-state index in [2.05, 4.69) is 12.1 Å². The van der Waals surface area contributed by atoms with Crippen LogP contribution in [-0.2, 0) is 0 Å². The fourth-order valence-corrected chi connectivity index (χ4v) is 6.74. The van der Waals surface area contributed by atoms with Crippen molar-refractivity contribution in [3.05, 3.63) is 28.8 Å². The molecule has 2 aliphatic carbocycles. The molecule has 18 heavy (non-hydrogen) atoms. The molecule has 2 bridgehead atoms. The molecule has 0 spiro atoms. The first-order chi connectivity index (χ1) is 8.84. The zero-order valence-corrected chi connectivity index (χ0v) is 12.0. The highest BCUT2D eigenvalue weighted by molar-refractivity contribution is 8.16. The maximum Gasteiger partial charge on any atom is 0.124 e. The standard InChI is InChI=1S/C15H18OS2/c16-14-12(15-17-6-1-7-18-15)5-4-11-9-2-3-10(8-9)13(11)14/h4-5,9-10,15-16H,1-3,6-8H2. The van der Waals surface area contributed by atoms with Crippen molar-refractivity contribution in [2.24, 2.45) is 0 Å². The maximum atomic E-state index is 10.7. The predicted molar refractivity (Wildman–Crippen MR) is 79.7 cm³/mol. The van der Waals surface area contributed by atoms with Gasteiger partial charge in [-0.05, 0) is 54.6 Å². The van der Waals surface area contributed by atoms with Gasteiger partial charge in [0.1, 0.15) is 5.75 Å². The lowest BCUT2D eigenvalue weighted by Gasteiger charge is -2.25. The lowest BCUT2D eigenvalue weighted by atomic mass is 9.89. The summed E-state index contributed by atoms with van der Waals surface area (Å²) in [5.41, 5.74) is 3.96. The van der Waals surface area contributed by atoms with Crippen LogP contribution in [0.2, 0.25) is 0 Å². The summed E-state index contributed by atoms with van der Waals surface area (Å²) in [6.45, 7) is 0. The Labute approximate surface area is 117 Å². The van der Waals surface area contributed by atoms with Crippen molar-refractivity contribution in [3.8, 4) is 5.75 Å². The molecule has 1 N–H and O–H groups in total. The van der Waals surface area contributed by atoms with Gasteiger partial charge in [0.15, 0.2) is 0 Å². The van der Waals surface area contributed by atoms with E-state index in [-0.39, 0.29) is 0 Å². The second-order valence-electron chi connectivity index (χ2n) is 5.64. The summed E-state index contributed by atoms with van der Waals surface area (Å²) >= 11 is 4.00. The van der Waals surface area contributed by atoms with Gasteiger partial charge in [0.25, 0.3) is 0 Å². The Kier molecular flexibility index (Phi) is 2.81. The molecule has 0 aromatic heterocycles. The van der Waals surface area contributed by atoms with Crippen molar-refractivity contribution in [2.45, 2.75) is 42.1 Å². The molecule has 1 nitrogen and oxygen atoms in total. The lowest BCUT2D eigenvalue weighted by molar-refractivity contribution is 0.456. The summed E-state index contributed by atoms with van der Waals surface area (Å²) in [7, 11) is 0. The zero-order valence-electron chi connectivity index (χ0n) is 10.4. The van der Waals surface area contributed by atoms with E-state index in [4.69, 9.17) is 0 Å². The molecular weight excluding hydrogens is 260 g/mol. The van der Waals surface area contributed by atoms with Crippen molar-refractivity contribution in [2.75, 3.05) is 11.5 Å². The van der Waals surface area contributed by atoms with Gasteiger partial charge in [-0.15, -0.1) is 23.5 Å². The number of fused-ring (bicyclic) bond motifs is 5. The number of phenolic OH excluding ortho intramolecular Hbond substituents is 1. The molecule has 1 aliphatic heterocycles. The molecule has 2 atom stereocenters. The van der Waals surface area contributed by atoms with Gasteiger partial charge in [-0.1, -0.05) is 12.1 Å². The van der Waals surface area contributed by atoms with Gasteiger partial charge in [0, 0.05) is 11.1 Å². The van der Waals surface area contributed by atoms with Crippen molar-refractivity contribution in [1.82, 2.24) is 0 Å². The maximum absolute atomic E-state index is 10.7. The molecule has 3 aliphatic rings. The SMILES string of the molecule is Oc1c(C2SCCCS2)ccc2c1C1CCC2C1. The summed E-state index contributed by atoms with van der Waals surface area (Å²) in [5, 5.41) is 10.7. The Morgan fingerprint density at radius 2 is 1.72 bits per heavy atom. The third-order valence-electron chi connectivity index (χ3n) is 4.64. The van der Waals surface area contributed by atoms with E-state index >= 15 is 0 Å². The van der Waals surface area contributed by atoms with Gasteiger partial charge in [-0.25, -0.2) is 0 Å². The second-order valence-corrected chi connectivity index (χ2v) is 8.36. The molecule has 0 amide bonds. The van der Waals surface area contributed by atoms with Gasteiger partial charge in [-0.2, -0.15) is 0 Å². The number of benzene rings is 1. The summed E-state index contributed by atoms with van der Waals surface area (Å²) in [5.74, 6) is 4.52. The molecule has 4 rings (SSSR count). The number of thioether (sulfide) groups is 2. The fraction of sp³-hybridized carbons (Fsp3) is 0.600. The number of hydrogen-bond donors (Lipinski definition) is 1. The first-order valence-corrected chi connectivity index (χ1v) is 9.03. The van der Waals surface area contributed by atoms with E-state index < -0.39 is 0 Å². The Morgan fingerprint density at radius 1 is 1.00 bits per heavy atom. The average molecular weight is 278 g/mol. The minimum atomic E-state index is 0.461. The smallest absolute Gasteiger partial charge is 0.124 e. The summed E-state index contributed by atoms with van der Waals surface area (Å²) in [6, 6.07) is 4.51. The largest absolute Gasteiger partial charge is 0.507 e. The number of aromatic hydroxyl groups is 1. The van der Waals surface area contributed by atoms with Crippen LogP contribution >= 0.6 is 23.5 Å². The summed E-state index contributed by atoms with van der Waals surface area (Å²) < 4.78 is 0.461. The van der Waals surface area contributed by atoms with Crippen LogP contribution < -0.4 is 0 Å². The molecule has 2 unspecified atom stereocenters. The van der Waals surface area contributed by atoms with Gasteiger partial charge >= 0.3 is 0 Å².